The Morgan fingerprint density at radius 3 is 2.64 bits per heavy atom. The Morgan fingerprint density at radius 2 is 2.00 bits per heavy atom. The van der Waals surface area contributed by atoms with Crippen molar-refractivity contribution in [2.45, 2.75) is 38.8 Å². The summed E-state index contributed by atoms with van der Waals surface area (Å²) in [6.07, 6.45) is -0.239. The molecule has 0 aliphatic carbocycles. The van der Waals surface area contributed by atoms with Gasteiger partial charge < -0.3 is 15.0 Å². The van der Waals surface area contributed by atoms with Gasteiger partial charge in [-0.1, -0.05) is 24.8 Å². The van der Waals surface area contributed by atoms with Crippen LogP contribution < -0.4 is 10.2 Å². The van der Waals surface area contributed by atoms with Gasteiger partial charge in [-0.3, -0.25) is 4.79 Å². The number of anilines is 1. The van der Waals surface area contributed by atoms with Crippen LogP contribution in [-0.2, 0) is 9.53 Å². The first kappa shape index (κ1) is 16.1. The van der Waals surface area contributed by atoms with Gasteiger partial charge in [-0.2, -0.15) is 0 Å². The minimum absolute atomic E-state index is 0.183. The van der Waals surface area contributed by atoms with Crippen LogP contribution in [0.1, 0.15) is 32.8 Å². The Morgan fingerprint density at radius 1 is 1.36 bits per heavy atom. The molecule has 1 aliphatic rings. The molecule has 2 amide bonds. The number of rotatable bonds is 1. The van der Waals surface area contributed by atoms with E-state index in [1.54, 1.807) is 32.7 Å². The van der Waals surface area contributed by atoms with E-state index in [0.717, 1.165) is 16.8 Å². The molecule has 1 aromatic rings. The van der Waals surface area contributed by atoms with E-state index in [0.29, 0.717) is 6.42 Å². The Hall–Kier alpha value is -2.30. The fourth-order valence-corrected chi connectivity index (χ4v) is 2.42. The first-order valence-corrected chi connectivity index (χ1v) is 7.23. The number of nitrogens with one attached hydrogen (secondary N) is 1. The van der Waals surface area contributed by atoms with Crippen molar-refractivity contribution in [3.05, 3.63) is 36.4 Å². The van der Waals surface area contributed by atoms with Crippen molar-refractivity contribution in [1.29, 1.82) is 0 Å². The Labute approximate surface area is 130 Å². The molecule has 0 fully saturated rings. The number of hydrogen-bond acceptors (Lipinski definition) is 3. The first-order chi connectivity index (χ1) is 10.2. The lowest BCUT2D eigenvalue weighted by Crippen LogP contribution is -2.48. The van der Waals surface area contributed by atoms with Crippen molar-refractivity contribution in [3.63, 3.8) is 0 Å². The highest BCUT2D eigenvalue weighted by Crippen LogP contribution is 2.32. The third-order valence-electron chi connectivity index (χ3n) is 3.42. The van der Waals surface area contributed by atoms with Gasteiger partial charge in [-0.05, 0) is 32.4 Å². The van der Waals surface area contributed by atoms with E-state index in [-0.39, 0.29) is 5.91 Å². The molecule has 0 bridgehead atoms. The molecule has 1 atom stereocenters. The third-order valence-corrected chi connectivity index (χ3v) is 3.42. The zero-order chi connectivity index (χ0) is 16.5. The van der Waals surface area contributed by atoms with E-state index >= 15 is 0 Å². The molecule has 0 spiro atoms. The predicted octanol–water partition coefficient (Wildman–Crippen LogP) is 2.96. The fourth-order valence-electron chi connectivity index (χ4n) is 2.42. The molecular weight excluding hydrogens is 280 g/mol. The molecule has 0 aromatic heterocycles. The van der Waals surface area contributed by atoms with E-state index < -0.39 is 17.7 Å². The number of benzene rings is 1. The smallest absolute Gasteiger partial charge is 0.408 e. The number of ether oxygens (including phenoxy) is 1. The van der Waals surface area contributed by atoms with Crippen molar-refractivity contribution in [2.24, 2.45) is 0 Å². The first-order valence-electron chi connectivity index (χ1n) is 7.23. The van der Waals surface area contributed by atoms with Crippen LogP contribution in [0.3, 0.4) is 0 Å². The second-order valence-electron chi connectivity index (χ2n) is 6.42. The number of likely N-dealkylation sites (N-methyl/N-ethyl adjacent to an activating group) is 1. The van der Waals surface area contributed by atoms with Crippen LogP contribution >= 0.6 is 0 Å². The second-order valence-corrected chi connectivity index (χ2v) is 6.42. The highest BCUT2D eigenvalue weighted by Gasteiger charge is 2.31. The average molecular weight is 302 g/mol. The van der Waals surface area contributed by atoms with E-state index in [1.165, 1.54) is 0 Å². The van der Waals surface area contributed by atoms with E-state index in [4.69, 9.17) is 4.74 Å². The van der Waals surface area contributed by atoms with Gasteiger partial charge in [0.2, 0.25) is 5.91 Å². The van der Waals surface area contributed by atoms with Crippen molar-refractivity contribution < 1.29 is 14.3 Å². The number of carbonyl (C=O) groups is 2. The van der Waals surface area contributed by atoms with Gasteiger partial charge in [0.05, 0.1) is 5.69 Å². The minimum Gasteiger partial charge on any atom is -0.444 e. The van der Waals surface area contributed by atoms with Crippen LogP contribution in [0, 0.1) is 0 Å². The standard InChI is InChI=1S/C17H22N2O3/c1-11-10-13(18-16(21)22-17(2,3)4)15(20)19(5)14-9-7-6-8-12(11)14/h6-9,13H,1,10H2,2-5H3,(H,18,21). The maximum atomic E-state index is 12.6. The number of hydrogen-bond donors (Lipinski definition) is 1. The molecule has 0 saturated heterocycles. The molecule has 0 radical (unpaired) electrons. The van der Waals surface area contributed by atoms with Crippen molar-refractivity contribution >= 4 is 23.3 Å². The summed E-state index contributed by atoms with van der Waals surface area (Å²) < 4.78 is 5.23. The predicted molar refractivity (Wildman–Crippen MR) is 86.7 cm³/mol. The van der Waals surface area contributed by atoms with Gasteiger partial charge >= 0.3 is 6.09 Å². The van der Waals surface area contributed by atoms with Crippen molar-refractivity contribution in [1.82, 2.24) is 5.32 Å². The van der Waals surface area contributed by atoms with Crippen LogP contribution in [0.2, 0.25) is 0 Å². The zero-order valence-corrected chi connectivity index (χ0v) is 13.5. The number of amides is 2. The summed E-state index contributed by atoms with van der Waals surface area (Å²) in [5, 5.41) is 2.65. The van der Waals surface area contributed by atoms with Crippen LogP contribution in [0.25, 0.3) is 5.57 Å². The fraction of sp³-hybridized carbons (Fsp3) is 0.412. The Balaban J connectivity index is 2.21. The molecule has 1 unspecified atom stereocenters. The molecule has 5 nitrogen and oxygen atoms in total. The lowest BCUT2D eigenvalue weighted by atomic mass is 10.0. The van der Waals surface area contributed by atoms with E-state index in [2.05, 4.69) is 11.9 Å². The minimum atomic E-state index is -0.681. The monoisotopic (exact) mass is 302 g/mol. The summed E-state index contributed by atoms with van der Waals surface area (Å²) in [5.74, 6) is -0.183. The summed E-state index contributed by atoms with van der Waals surface area (Å²) in [6.45, 7) is 9.39. The summed E-state index contributed by atoms with van der Waals surface area (Å²) in [5.41, 5.74) is 1.93. The van der Waals surface area contributed by atoms with E-state index in [9.17, 15) is 9.59 Å². The molecule has 118 valence electrons. The van der Waals surface area contributed by atoms with Gasteiger partial charge in [-0.25, -0.2) is 4.79 Å². The van der Waals surface area contributed by atoms with E-state index in [1.807, 2.05) is 24.3 Å². The number of para-hydroxylation sites is 1. The van der Waals surface area contributed by atoms with Gasteiger partial charge in [-0.15, -0.1) is 0 Å². The lowest BCUT2D eigenvalue weighted by molar-refractivity contribution is -0.120. The van der Waals surface area contributed by atoms with Crippen LogP contribution in [0.15, 0.2) is 30.8 Å². The number of carbonyl (C=O) groups excluding carboxylic acids is 2. The van der Waals surface area contributed by atoms with Crippen molar-refractivity contribution in [3.8, 4) is 0 Å². The van der Waals surface area contributed by atoms with Crippen LogP contribution in [-0.4, -0.2) is 30.7 Å². The highest BCUT2D eigenvalue weighted by atomic mass is 16.6. The highest BCUT2D eigenvalue weighted by molar-refractivity contribution is 6.03. The molecule has 1 heterocycles. The van der Waals surface area contributed by atoms with Gasteiger partial charge in [0.15, 0.2) is 0 Å². The number of nitrogens with zero attached hydrogens (tertiary/aromatic N) is 1. The Kier molecular flexibility index (Phi) is 4.26. The molecule has 2 rings (SSSR count). The van der Waals surface area contributed by atoms with Crippen molar-refractivity contribution in [2.75, 3.05) is 11.9 Å². The van der Waals surface area contributed by atoms with Gasteiger partial charge in [0.25, 0.3) is 0 Å². The average Bonchev–Trinajstić information content (AvgIpc) is 2.49. The zero-order valence-electron chi connectivity index (χ0n) is 13.5. The second kappa shape index (κ2) is 5.83. The van der Waals surface area contributed by atoms with Crippen LogP contribution in [0.4, 0.5) is 10.5 Å². The summed E-state index contributed by atoms with van der Waals surface area (Å²) >= 11 is 0. The summed E-state index contributed by atoms with van der Waals surface area (Å²) in [4.78, 5) is 26.1. The largest absolute Gasteiger partial charge is 0.444 e. The third kappa shape index (κ3) is 3.47. The SMILES string of the molecule is C=C1CC(NC(=O)OC(C)(C)C)C(=O)N(C)c2ccccc21. The summed E-state index contributed by atoms with van der Waals surface area (Å²) in [7, 11) is 1.70. The molecular formula is C17H22N2O3. The topological polar surface area (TPSA) is 58.6 Å². The van der Waals surface area contributed by atoms with Crippen LogP contribution in [0.5, 0.6) is 0 Å². The Bertz CT molecular complexity index is 617. The molecule has 0 saturated carbocycles. The molecule has 5 heteroatoms. The maximum absolute atomic E-state index is 12.6. The number of fused-ring (bicyclic) bond motifs is 1. The molecule has 1 N–H and O–H groups in total. The maximum Gasteiger partial charge on any atom is 0.408 e. The number of alkyl carbamates (subject to hydrolysis) is 1. The van der Waals surface area contributed by atoms with Gasteiger partial charge in [0.1, 0.15) is 11.6 Å². The summed E-state index contributed by atoms with van der Waals surface area (Å²) in [6, 6.07) is 6.90. The lowest BCUT2D eigenvalue weighted by Gasteiger charge is -2.24. The molecule has 1 aliphatic heterocycles. The quantitative estimate of drug-likeness (QED) is 0.867. The normalized spacial score (nSPS) is 18.5. The molecule has 1 aromatic carbocycles. The van der Waals surface area contributed by atoms with Gasteiger partial charge in [0, 0.05) is 19.0 Å². The molecule has 22 heavy (non-hydrogen) atoms.